The molecule has 0 spiro atoms. The van der Waals surface area contributed by atoms with Crippen LogP contribution in [0.2, 0.25) is 0 Å². The molecule has 8 bridgehead atoms. The molecule has 5 heterocycles. The summed E-state index contributed by atoms with van der Waals surface area (Å²) in [6.45, 7) is 0. The maximum absolute atomic E-state index is 14.0. The van der Waals surface area contributed by atoms with Crippen LogP contribution in [0.4, 0.5) is 34.6 Å². The maximum Gasteiger partial charge on any atom is 0.337 e. The van der Waals surface area contributed by atoms with Crippen LogP contribution in [0, 0.1) is 0 Å². The highest BCUT2D eigenvalue weighted by Gasteiger charge is 2.27. The van der Waals surface area contributed by atoms with Gasteiger partial charge in [0.2, 0.25) is 0 Å². The molecule has 0 saturated carbocycles. The molecule has 0 atom stereocenters. The molecular weight excluding hydrogens is 825 g/mol. The SMILES string of the molecule is CN(C)c1cccc(Sc2cc3c4[nH]c(c3c(C(=O)O)c2Sc2cccc(N(C)C)c2)N=c2[nH]c(c3ccccc23)=Nc2[nH]c(c3ccccc23)N=c2[nH]c(c3ccccc23)=N4)c1. The van der Waals surface area contributed by atoms with Gasteiger partial charge in [-0.1, -0.05) is 108 Å². The third-order valence-corrected chi connectivity index (χ3v) is 13.5. The third kappa shape index (κ3) is 6.71. The summed E-state index contributed by atoms with van der Waals surface area (Å²) >= 11 is 2.94. The van der Waals surface area contributed by atoms with Gasteiger partial charge in [-0.15, -0.1) is 0 Å². The number of hydrogen-bond donors (Lipinski definition) is 5. The second-order valence-corrected chi connectivity index (χ2v) is 17.9. The smallest absolute Gasteiger partial charge is 0.337 e. The van der Waals surface area contributed by atoms with Crippen LogP contribution in [-0.4, -0.2) is 59.2 Å². The van der Waals surface area contributed by atoms with E-state index < -0.39 is 5.97 Å². The lowest BCUT2D eigenvalue weighted by molar-refractivity contribution is 0.0695. The summed E-state index contributed by atoms with van der Waals surface area (Å²) in [6, 6.07) is 42.3. The Labute approximate surface area is 367 Å². The van der Waals surface area contributed by atoms with Crippen molar-refractivity contribution in [2.24, 2.45) is 20.0 Å². The molecule has 0 amide bonds. The van der Waals surface area contributed by atoms with Crippen LogP contribution in [-0.2, 0) is 0 Å². The van der Waals surface area contributed by atoms with Crippen molar-refractivity contribution >= 4 is 107 Å². The summed E-state index contributed by atoms with van der Waals surface area (Å²) in [7, 11) is 7.99. The molecule has 11 rings (SSSR count). The van der Waals surface area contributed by atoms with Crippen LogP contribution < -0.4 is 31.8 Å². The predicted molar refractivity (Wildman–Crippen MR) is 253 cm³/mol. The number of rotatable bonds is 7. The van der Waals surface area contributed by atoms with E-state index in [1.807, 2.05) is 142 Å². The third-order valence-electron chi connectivity index (χ3n) is 11.2. The van der Waals surface area contributed by atoms with Crippen LogP contribution in [0.3, 0.4) is 0 Å². The zero-order valence-electron chi connectivity index (χ0n) is 34.5. The molecule has 1 aliphatic heterocycles. The quantitative estimate of drug-likeness (QED) is 0.107. The van der Waals surface area contributed by atoms with Crippen molar-refractivity contribution < 1.29 is 9.90 Å². The second-order valence-electron chi connectivity index (χ2n) is 15.7. The van der Waals surface area contributed by atoms with Gasteiger partial charge < -0.3 is 34.8 Å². The molecule has 308 valence electrons. The van der Waals surface area contributed by atoms with E-state index in [0.717, 1.165) is 58.4 Å². The number of aromatic amines is 4. The number of hydrogen-bond acceptors (Lipinski definition) is 9. The normalized spacial score (nSPS) is 12.3. The largest absolute Gasteiger partial charge is 0.478 e. The van der Waals surface area contributed by atoms with Crippen LogP contribution >= 0.6 is 23.5 Å². The molecular formula is C49H38N10O2S2. The molecule has 5 N–H and O–H groups in total. The Morgan fingerprint density at radius 3 is 1.35 bits per heavy atom. The minimum absolute atomic E-state index is 0.117. The number of carboxylic acid groups (broad SMARTS) is 1. The highest BCUT2D eigenvalue weighted by Crippen LogP contribution is 2.49. The minimum Gasteiger partial charge on any atom is -0.478 e. The Morgan fingerprint density at radius 2 is 0.889 bits per heavy atom. The highest BCUT2D eigenvalue weighted by atomic mass is 32.2. The monoisotopic (exact) mass is 862 g/mol. The first-order valence-electron chi connectivity index (χ1n) is 20.2. The van der Waals surface area contributed by atoms with Crippen LogP contribution in [0.25, 0.3) is 43.1 Å². The lowest BCUT2D eigenvalue weighted by Gasteiger charge is -2.17. The molecule has 6 aromatic carbocycles. The van der Waals surface area contributed by atoms with Crippen molar-refractivity contribution in [3.05, 3.63) is 155 Å². The fourth-order valence-corrected chi connectivity index (χ4v) is 10.4. The molecule has 0 aliphatic carbocycles. The number of carbonyl (C=O) groups is 1. The van der Waals surface area contributed by atoms with Crippen molar-refractivity contribution in [2.45, 2.75) is 19.6 Å². The van der Waals surface area contributed by atoms with Crippen molar-refractivity contribution in [1.82, 2.24) is 19.9 Å². The average molecular weight is 863 g/mol. The Kier molecular flexibility index (Phi) is 9.21. The predicted octanol–water partition coefficient (Wildman–Crippen LogP) is 9.86. The lowest BCUT2D eigenvalue weighted by atomic mass is 10.1. The van der Waals surface area contributed by atoms with Gasteiger partial charge in [0, 0.05) is 102 Å². The number of benzene rings is 6. The van der Waals surface area contributed by atoms with Gasteiger partial charge in [0.1, 0.15) is 45.2 Å². The number of carboxylic acids is 1. The Balaban J connectivity index is 1.28. The Hall–Kier alpha value is -7.55. The number of fused-ring (bicyclic) bond motifs is 20. The molecule has 1 aliphatic rings. The van der Waals surface area contributed by atoms with E-state index in [1.165, 1.54) is 23.5 Å². The van der Waals surface area contributed by atoms with Gasteiger partial charge in [-0.25, -0.2) is 24.8 Å². The van der Waals surface area contributed by atoms with Crippen LogP contribution in [0.5, 0.6) is 0 Å². The van der Waals surface area contributed by atoms with Crippen LogP contribution in [0.1, 0.15) is 10.4 Å². The van der Waals surface area contributed by atoms with Gasteiger partial charge in [0.15, 0.2) is 0 Å². The summed E-state index contributed by atoms with van der Waals surface area (Å²) in [5.41, 5.74) is 4.43. The molecule has 0 radical (unpaired) electrons. The van der Waals surface area contributed by atoms with Gasteiger partial charge in [-0.05, 0) is 42.5 Å². The number of aromatic nitrogens is 4. The van der Waals surface area contributed by atoms with E-state index in [2.05, 4.69) is 43.0 Å². The Morgan fingerprint density at radius 1 is 0.476 bits per heavy atom. The van der Waals surface area contributed by atoms with Gasteiger partial charge in [-0.2, -0.15) is 0 Å². The molecule has 4 aromatic heterocycles. The lowest BCUT2D eigenvalue weighted by Crippen LogP contribution is -2.10. The summed E-state index contributed by atoms with van der Waals surface area (Å²) in [5.74, 6) is 0.986. The van der Waals surface area contributed by atoms with E-state index in [0.29, 0.717) is 60.9 Å². The standard InChI is InChI=1S/C49H38N10O2S2/c1-58(2)26-13-11-15-28(23-26)62-37-25-36-38(39(49(60)61)40(37)63-29-16-12-14-27(24-29)59(3)4)48-56-46-35-22-10-9-21-34(35)44(54-46)52-42-31-18-6-5-17-30(31)41(50-42)51-43-32-19-7-8-20-33(32)45(53-43)55-47(36)57-48/h5-25H,1-4H3,(H,60,61)(H4,50,51,52,53,54,55,56,57). The molecule has 63 heavy (non-hydrogen) atoms. The molecule has 0 fully saturated rings. The summed E-state index contributed by atoms with van der Waals surface area (Å²) < 4.78 is 0. The fraction of sp³-hybridized carbons (Fsp3) is 0.0816. The minimum atomic E-state index is -1.09. The summed E-state index contributed by atoms with van der Waals surface area (Å²) in [4.78, 5) is 56.3. The summed E-state index contributed by atoms with van der Waals surface area (Å²) in [6.07, 6.45) is 0. The van der Waals surface area contributed by atoms with E-state index >= 15 is 0 Å². The summed E-state index contributed by atoms with van der Waals surface area (Å²) in [5, 5.41) is 17.7. The van der Waals surface area contributed by atoms with Gasteiger partial charge in [0.25, 0.3) is 0 Å². The number of nitrogens with zero attached hydrogens (tertiary/aromatic N) is 6. The van der Waals surface area contributed by atoms with Crippen molar-refractivity contribution in [3.8, 4) is 0 Å². The van der Waals surface area contributed by atoms with E-state index in [4.69, 9.17) is 20.0 Å². The fourth-order valence-electron chi connectivity index (χ4n) is 8.17. The van der Waals surface area contributed by atoms with E-state index in [9.17, 15) is 9.90 Å². The topological polar surface area (TPSA) is 156 Å². The first kappa shape index (κ1) is 38.4. The van der Waals surface area contributed by atoms with Crippen molar-refractivity contribution in [1.29, 1.82) is 0 Å². The number of aromatic carboxylic acids is 1. The first-order valence-corrected chi connectivity index (χ1v) is 21.9. The van der Waals surface area contributed by atoms with Crippen molar-refractivity contribution in [3.63, 3.8) is 0 Å². The maximum atomic E-state index is 14.0. The molecule has 0 unspecified atom stereocenters. The molecule has 0 saturated heterocycles. The van der Waals surface area contributed by atoms with Gasteiger partial charge in [-0.3, -0.25) is 0 Å². The molecule has 14 heteroatoms. The van der Waals surface area contributed by atoms with E-state index in [-0.39, 0.29) is 5.56 Å². The zero-order chi connectivity index (χ0) is 42.9. The second kappa shape index (κ2) is 15.1. The highest BCUT2D eigenvalue weighted by molar-refractivity contribution is 8.02. The molecule has 10 aromatic rings. The first-order chi connectivity index (χ1) is 30.7. The Bertz CT molecular complexity index is 3770. The van der Waals surface area contributed by atoms with Crippen molar-refractivity contribution in [2.75, 3.05) is 38.0 Å². The number of anilines is 2. The number of nitrogens with one attached hydrogen (secondary N) is 4. The van der Waals surface area contributed by atoms with E-state index in [1.54, 1.807) is 0 Å². The van der Waals surface area contributed by atoms with Crippen LogP contribution in [0.15, 0.2) is 167 Å². The van der Waals surface area contributed by atoms with Gasteiger partial charge >= 0.3 is 5.97 Å². The average Bonchev–Trinajstić information content (AvgIpc) is 4.02. The number of H-pyrrole nitrogens is 4. The van der Waals surface area contributed by atoms with Gasteiger partial charge in [0.05, 0.1) is 5.56 Å². The molecule has 12 nitrogen and oxygen atoms in total. The zero-order valence-corrected chi connectivity index (χ0v) is 36.1.